The number of nitrogens with two attached hydrogens (primary N) is 1. The highest BCUT2D eigenvalue weighted by atomic mass is 32.1. The zero-order valence-corrected chi connectivity index (χ0v) is 11.9. The van der Waals surface area contributed by atoms with Crippen molar-refractivity contribution in [1.29, 1.82) is 0 Å². The summed E-state index contributed by atoms with van der Waals surface area (Å²) in [6, 6.07) is 5.62. The monoisotopic (exact) mass is 290 g/mol. The number of nitrogens with zero attached hydrogens (tertiary/aromatic N) is 2. The summed E-state index contributed by atoms with van der Waals surface area (Å²) < 4.78 is 10.6. The number of pyridine rings is 1. The van der Waals surface area contributed by atoms with Crippen molar-refractivity contribution >= 4 is 34.3 Å². The molecule has 0 radical (unpaired) electrons. The van der Waals surface area contributed by atoms with Crippen LogP contribution in [-0.2, 0) is 0 Å². The average molecular weight is 290 g/mol. The lowest BCUT2D eigenvalue weighted by atomic mass is 10.1. The first kappa shape index (κ1) is 14.0. The van der Waals surface area contributed by atoms with Crippen LogP contribution < -0.4 is 20.6 Å². The third kappa shape index (κ3) is 2.94. The van der Waals surface area contributed by atoms with Crippen molar-refractivity contribution < 1.29 is 9.47 Å². The lowest BCUT2D eigenvalue weighted by Crippen LogP contribution is -2.24. The summed E-state index contributed by atoms with van der Waals surface area (Å²) in [6.45, 7) is 0. The molecule has 0 unspecified atom stereocenters. The van der Waals surface area contributed by atoms with Gasteiger partial charge in [0.25, 0.3) is 0 Å². The van der Waals surface area contributed by atoms with Gasteiger partial charge < -0.3 is 15.2 Å². The number of methoxy groups -OCH3 is 2. The lowest BCUT2D eigenvalue weighted by Gasteiger charge is -2.10. The van der Waals surface area contributed by atoms with Gasteiger partial charge in [-0.3, -0.25) is 10.4 Å². The lowest BCUT2D eigenvalue weighted by molar-refractivity contribution is 0.356. The minimum Gasteiger partial charge on any atom is -0.493 e. The molecule has 0 aliphatic rings. The SMILES string of the molecule is COc1cc2ccnc(C=NNC(N)=S)c2cc1OC. The molecule has 7 heteroatoms. The Kier molecular flexibility index (Phi) is 4.31. The molecule has 2 aromatic rings. The van der Waals surface area contributed by atoms with Crippen LogP contribution in [0.25, 0.3) is 10.8 Å². The Labute approximate surface area is 121 Å². The highest BCUT2D eigenvalue weighted by Crippen LogP contribution is 2.32. The van der Waals surface area contributed by atoms with Gasteiger partial charge in [-0.15, -0.1) is 0 Å². The number of rotatable bonds is 4. The van der Waals surface area contributed by atoms with Crippen LogP contribution in [0.2, 0.25) is 0 Å². The molecule has 0 saturated carbocycles. The third-order valence-corrected chi connectivity index (χ3v) is 2.75. The molecule has 2 rings (SSSR count). The Morgan fingerprint density at radius 3 is 2.70 bits per heavy atom. The van der Waals surface area contributed by atoms with Gasteiger partial charge in [0.1, 0.15) is 0 Å². The van der Waals surface area contributed by atoms with Gasteiger partial charge in [0.2, 0.25) is 0 Å². The van der Waals surface area contributed by atoms with Crippen molar-refractivity contribution in [3.05, 3.63) is 30.1 Å². The average Bonchev–Trinajstić information content (AvgIpc) is 2.45. The van der Waals surface area contributed by atoms with Crippen LogP contribution in [0, 0.1) is 0 Å². The molecule has 0 atom stereocenters. The van der Waals surface area contributed by atoms with Gasteiger partial charge in [0.05, 0.1) is 26.1 Å². The molecule has 0 amide bonds. The number of hydrogen-bond donors (Lipinski definition) is 2. The van der Waals surface area contributed by atoms with E-state index in [1.165, 1.54) is 0 Å². The van der Waals surface area contributed by atoms with Crippen molar-refractivity contribution in [1.82, 2.24) is 10.4 Å². The van der Waals surface area contributed by atoms with Gasteiger partial charge in [-0.25, -0.2) is 0 Å². The summed E-state index contributed by atoms with van der Waals surface area (Å²) in [7, 11) is 3.18. The first-order chi connectivity index (χ1) is 9.65. The van der Waals surface area contributed by atoms with E-state index in [1.807, 2.05) is 18.2 Å². The Balaban J connectivity index is 2.50. The summed E-state index contributed by atoms with van der Waals surface area (Å²) in [5.74, 6) is 1.29. The van der Waals surface area contributed by atoms with E-state index in [-0.39, 0.29) is 5.11 Å². The minimum atomic E-state index is 0.0979. The van der Waals surface area contributed by atoms with Gasteiger partial charge in [0, 0.05) is 11.6 Å². The molecule has 0 aliphatic heterocycles. The van der Waals surface area contributed by atoms with E-state index < -0.39 is 0 Å². The summed E-state index contributed by atoms with van der Waals surface area (Å²) in [6.07, 6.45) is 3.24. The van der Waals surface area contributed by atoms with Gasteiger partial charge in [-0.1, -0.05) is 0 Å². The normalized spacial score (nSPS) is 10.7. The predicted molar refractivity (Wildman–Crippen MR) is 82.4 cm³/mol. The van der Waals surface area contributed by atoms with E-state index in [0.29, 0.717) is 17.2 Å². The summed E-state index contributed by atoms with van der Waals surface area (Å²) in [5.41, 5.74) is 8.47. The minimum absolute atomic E-state index is 0.0979. The van der Waals surface area contributed by atoms with Crippen LogP contribution >= 0.6 is 12.2 Å². The fourth-order valence-electron chi connectivity index (χ4n) is 1.78. The van der Waals surface area contributed by atoms with Crippen LogP contribution in [0.4, 0.5) is 0 Å². The second-order valence-corrected chi connectivity index (χ2v) is 4.30. The number of aromatic nitrogens is 1. The molecule has 6 nitrogen and oxygen atoms in total. The number of hydrogen-bond acceptors (Lipinski definition) is 5. The van der Waals surface area contributed by atoms with Gasteiger partial charge in [-0.2, -0.15) is 5.10 Å². The zero-order valence-electron chi connectivity index (χ0n) is 11.1. The zero-order chi connectivity index (χ0) is 14.5. The van der Waals surface area contributed by atoms with E-state index in [9.17, 15) is 0 Å². The van der Waals surface area contributed by atoms with Crippen molar-refractivity contribution in [2.75, 3.05) is 14.2 Å². The molecule has 3 N–H and O–H groups in total. The van der Waals surface area contributed by atoms with E-state index in [4.69, 9.17) is 15.2 Å². The highest BCUT2D eigenvalue weighted by molar-refractivity contribution is 7.80. The molecule has 20 heavy (non-hydrogen) atoms. The van der Waals surface area contributed by atoms with E-state index >= 15 is 0 Å². The maximum atomic E-state index is 5.30. The Morgan fingerprint density at radius 2 is 2.05 bits per heavy atom. The molecule has 1 aromatic heterocycles. The smallest absolute Gasteiger partial charge is 0.184 e. The van der Waals surface area contributed by atoms with Crippen LogP contribution in [0.15, 0.2) is 29.5 Å². The van der Waals surface area contributed by atoms with Crippen LogP contribution in [0.5, 0.6) is 11.5 Å². The molecule has 1 aromatic carbocycles. The van der Waals surface area contributed by atoms with Gasteiger partial charge >= 0.3 is 0 Å². The van der Waals surface area contributed by atoms with Crippen molar-refractivity contribution in [2.24, 2.45) is 10.8 Å². The van der Waals surface area contributed by atoms with Crippen molar-refractivity contribution in [3.63, 3.8) is 0 Å². The molecule has 0 spiro atoms. The van der Waals surface area contributed by atoms with Crippen LogP contribution in [-0.4, -0.2) is 30.5 Å². The van der Waals surface area contributed by atoms with Gasteiger partial charge in [-0.05, 0) is 35.8 Å². The quantitative estimate of drug-likeness (QED) is 0.503. The summed E-state index contributed by atoms with van der Waals surface area (Å²) in [5, 5.41) is 5.87. The number of thiocarbonyl (C=S) groups is 1. The van der Waals surface area contributed by atoms with Crippen LogP contribution in [0.1, 0.15) is 5.69 Å². The summed E-state index contributed by atoms with van der Waals surface area (Å²) >= 11 is 4.68. The topological polar surface area (TPSA) is 81.8 Å². The van der Waals surface area contributed by atoms with E-state index in [0.717, 1.165) is 10.8 Å². The molecule has 0 fully saturated rings. The molecular formula is C13H14N4O2S. The Hall–Kier alpha value is -2.41. The van der Waals surface area contributed by atoms with E-state index in [2.05, 4.69) is 27.7 Å². The maximum absolute atomic E-state index is 5.30. The number of nitrogens with one attached hydrogen (secondary N) is 1. The number of fused-ring (bicyclic) bond motifs is 1. The first-order valence-electron chi connectivity index (χ1n) is 5.75. The van der Waals surface area contributed by atoms with Crippen molar-refractivity contribution in [2.45, 2.75) is 0 Å². The maximum Gasteiger partial charge on any atom is 0.184 e. The second-order valence-electron chi connectivity index (χ2n) is 3.86. The third-order valence-electron chi connectivity index (χ3n) is 2.66. The highest BCUT2D eigenvalue weighted by Gasteiger charge is 2.08. The number of benzene rings is 1. The molecule has 0 aliphatic carbocycles. The summed E-state index contributed by atoms with van der Waals surface area (Å²) in [4.78, 5) is 4.26. The molecule has 1 heterocycles. The largest absolute Gasteiger partial charge is 0.493 e. The van der Waals surface area contributed by atoms with Crippen molar-refractivity contribution in [3.8, 4) is 11.5 Å². The molecule has 0 bridgehead atoms. The number of ether oxygens (including phenoxy) is 2. The van der Waals surface area contributed by atoms with Crippen LogP contribution in [0.3, 0.4) is 0 Å². The van der Waals surface area contributed by atoms with Gasteiger partial charge in [0.15, 0.2) is 16.6 Å². The molecular weight excluding hydrogens is 276 g/mol. The Bertz CT molecular complexity index is 673. The Morgan fingerprint density at radius 1 is 1.35 bits per heavy atom. The molecule has 0 saturated heterocycles. The fourth-order valence-corrected chi connectivity index (χ4v) is 1.83. The predicted octanol–water partition coefficient (Wildman–Crippen LogP) is 1.42. The second kappa shape index (κ2) is 6.16. The van der Waals surface area contributed by atoms with E-state index in [1.54, 1.807) is 26.6 Å². The number of hydrazone groups is 1. The fraction of sp³-hybridized carbons (Fsp3) is 0.154. The standard InChI is InChI=1S/C13H14N4O2S/c1-18-11-5-8-3-4-15-10(7-16-17-13(14)20)9(8)6-12(11)19-2/h3-7H,1-2H3,(H3,14,17,20). The first-order valence-corrected chi connectivity index (χ1v) is 6.15. The molecule has 104 valence electrons.